The third-order valence-electron chi connectivity index (χ3n) is 6.45. The SMILES string of the molecule is CN(CCC#N)C(=O)c1cc(S(=O)(=O)NC(=O)NC2C3C=CC=C3C=C3C(I)CCC32)nn1C. The summed E-state index contributed by atoms with van der Waals surface area (Å²) in [4.78, 5) is 26.7. The molecule has 0 aliphatic heterocycles. The van der Waals surface area contributed by atoms with Crippen molar-refractivity contribution in [1.82, 2.24) is 24.7 Å². The van der Waals surface area contributed by atoms with Gasteiger partial charge in [-0.05, 0) is 18.4 Å². The van der Waals surface area contributed by atoms with Crippen LogP contribution in [0.5, 0.6) is 0 Å². The maximum Gasteiger partial charge on any atom is 0.329 e. The number of nitrogens with zero attached hydrogens (tertiary/aromatic N) is 4. The highest BCUT2D eigenvalue weighted by molar-refractivity contribution is 14.1. The second-order valence-electron chi connectivity index (χ2n) is 8.60. The Labute approximate surface area is 211 Å². The van der Waals surface area contributed by atoms with Crippen LogP contribution in [0.4, 0.5) is 4.79 Å². The van der Waals surface area contributed by atoms with Gasteiger partial charge in [0, 0.05) is 48.5 Å². The van der Waals surface area contributed by atoms with Crippen LogP contribution in [0.3, 0.4) is 0 Å². The summed E-state index contributed by atoms with van der Waals surface area (Å²) in [6.07, 6.45) is 10.3. The van der Waals surface area contributed by atoms with Gasteiger partial charge in [0.25, 0.3) is 15.9 Å². The van der Waals surface area contributed by atoms with Gasteiger partial charge in [0.2, 0.25) is 0 Å². The highest BCUT2D eigenvalue weighted by Crippen LogP contribution is 2.47. The minimum absolute atomic E-state index is 0.00641. The van der Waals surface area contributed by atoms with E-state index in [1.54, 1.807) is 0 Å². The molecule has 34 heavy (non-hydrogen) atoms. The Kier molecular flexibility index (Phi) is 6.86. The van der Waals surface area contributed by atoms with Gasteiger partial charge in [0.15, 0.2) is 5.03 Å². The molecule has 4 unspecified atom stereocenters. The number of urea groups is 1. The van der Waals surface area contributed by atoms with Crippen LogP contribution >= 0.6 is 22.6 Å². The van der Waals surface area contributed by atoms with Crippen LogP contribution in [0.15, 0.2) is 46.5 Å². The van der Waals surface area contributed by atoms with E-state index in [0.29, 0.717) is 3.92 Å². The van der Waals surface area contributed by atoms with Gasteiger partial charge in [-0.15, -0.1) is 0 Å². The summed E-state index contributed by atoms with van der Waals surface area (Å²) in [6, 6.07) is 2.01. The molecular formula is C22H25IN6O4S. The lowest BCUT2D eigenvalue weighted by molar-refractivity contribution is 0.0787. The number of rotatable bonds is 6. The number of carbonyl (C=O) groups is 2. The average molecular weight is 596 g/mol. The van der Waals surface area contributed by atoms with Crippen LogP contribution < -0.4 is 10.0 Å². The topological polar surface area (TPSA) is 137 Å². The summed E-state index contributed by atoms with van der Waals surface area (Å²) in [7, 11) is -1.35. The summed E-state index contributed by atoms with van der Waals surface area (Å²) >= 11 is 2.42. The number of hydrogen-bond acceptors (Lipinski definition) is 6. The lowest BCUT2D eigenvalue weighted by atomic mass is 9.76. The second kappa shape index (κ2) is 9.53. The van der Waals surface area contributed by atoms with E-state index in [1.807, 2.05) is 29.0 Å². The Hall–Kier alpha value is -2.66. The van der Waals surface area contributed by atoms with Crippen LogP contribution in [0.2, 0.25) is 0 Å². The predicted octanol–water partition coefficient (Wildman–Crippen LogP) is 2.03. The van der Waals surface area contributed by atoms with Crippen LogP contribution in [0.1, 0.15) is 29.8 Å². The molecule has 12 heteroatoms. The third kappa shape index (κ3) is 4.63. The number of hydrogen-bond donors (Lipinski definition) is 2. The van der Waals surface area contributed by atoms with Gasteiger partial charge >= 0.3 is 6.03 Å². The van der Waals surface area contributed by atoms with Crippen molar-refractivity contribution in [3.05, 3.63) is 47.2 Å². The maximum atomic E-state index is 12.9. The van der Waals surface area contributed by atoms with Crippen LogP contribution in [-0.2, 0) is 17.1 Å². The van der Waals surface area contributed by atoms with E-state index >= 15 is 0 Å². The fraction of sp³-hybridized carbons (Fsp3) is 0.455. The molecule has 0 spiro atoms. The number of sulfonamides is 1. The molecule has 1 heterocycles. The first kappa shape index (κ1) is 24.5. The first-order valence-electron chi connectivity index (χ1n) is 10.9. The summed E-state index contributed by atoms with van der Waals surface area (Å²) in [5.74, 6) is -0.310. The Balaban J connectivity index is 1.48. The standard InChI is InChI=1S/C22H25IN6O4S/c1-28(10-4-9-24)21(30)18-12-19(26-29(18)2)34(32,33)27-22(31)25-20-14-6-3-5-13(14)11-16-15(20)7-8-17(16)23/h3,5-6,11-12,14-15,17,20H,4,7-8,10H2,1-2H3,(H2,25,27,31). The molecule has 1 aromatic rings. The van der Waals surface area contributed by atoms with E-state index < -0.39 is 27.0 Å². The molecule has 3 amide bonds. The zero-order valence-corrected chi connectivity index (χ0v) is 21.7. The quantitative estimate of drug-likeness (QED) is 0.381. The number of carbonyl (C=O) groups excluding carboxylic acids is 2. The molecule has 180 valence electrons. The molecule has 0 radical (unpaired) electrons. The van der Waals surface area contributed by atoms with Gasteiger partial charge in [-0.1, -0.05) is 52.5 Å². The normalized spacial score (nSPS) is 25.0. The van der Waals surface area contributed by atoms with E-state index in [4.69, 9.17) is 5.26 Å². The number of alkyl halides is 1. The summed E-state index contributed by atoms with van der Waals surface area (Å²) in [5.41, 5.74) is 2.44. The average Bonchev–Trinajstić information content (AvgIpc) is 3.50. The van der Waals surface area contributed by atoms with Crippen molar-refractivity contribution in [1.29, 1.82) is 5.26 Å². The number of halogens is 1. The minimum atomic E-state index is -4.31. The molecule has 2 N–H and O–H groups in total. The highest BCUT2D eigenvalue weighted by Gasteiger charge is 2.43. The summed E-state index contributed by atoms with van der Waals surface area (Å²) in [6.45, 7) is 0.201. The Morgan fingerprint density at radius 3 is 2.88 bits per heavy atom. The highest BCUT2D eigenvalue weighted by atomic mass is 127. The van der Waals surface area contributed by atoms with Gasteiger partial charge in [0.1, 0.15) is 5.69 Å². The van der Waals surface area contributed by atoms with Crippen molar-refractivity contribution in [2.45, 2.75) is 34.3 Å². The molecule has 4 atom stereocenters. The van der Waals surface area contributed by atoms with E-state index in [-0.39, 0.29) is 36.5 Å². The molecule has 3 aliphatic rings. The monoisotopic (exact) mass is 596 g/mol. The number of aryl methyl sites for hydroxylation is 1. The molecule has 3 aliphatic carbocycles. The predicted molar refractivity (Wildman–Crippen MR) is 132 cm³/mol. The molecular weight excluding hydrogens is 571 g/mol. The number of allylic oxidation sites excluding steroid dienone is 3. The Morgan fingerprint density at radius 2 is 2.15 bits per heavy atom. The maximum absolute atomic E-state index is 12.9. The first-order valence-corrected chi connectivity index (χ1v) is 13.6. The number of nitrogens with one attached hydrogen (secondary N) is 2. The molecule has 1 fully saturated rings. The number of amides is 3. The number of nitriles is 1. The summed E-state index contributed by atoms with van der Waals surface area (Å²) < 4.78 is 29.3. The molecule has 0 aromatic carbocycles. The first-order chi connectivity index (χ1) is 16.1. The molecule has 1 saturated carbocycles. The smallest absolute Gasteiger partial charge is 0.329 e. The zero-order valence-electron chi connectivity index (χ0n) is 18.7. The zero-order chi connectivity index (χ0) is 24.6. The van der Waals surface area contributed by atoms with E-state index in [9.17, 15) is 18.0 Å². The molecule has 10 nitrogen and oxygen atoms in total. The fourth-order valence-corrected chi connectivity index (χ4v) is 6.64. The Bertz CT molecular complexity index is 1260. The second-order valence-corrected chi connectivity index (χ2v) is 11.7. The van der Waals surface area contributed by atoms with Gasteiger partial charge in [-0.3, -0.25) is 9.48 Å². The van der Waals surface area contributed by atoms with Crippen molar-refractivity contribution in [3.8, 4) is 6.07 Å². The van der Waals surface area contributed by atoms with Crippen molar-refractivity contribution >= 4 is 44.6 Å². The van der Waals surface area contributed by atoms with Crippen molar-refractivity contribution in [2.75, 3.05) is 13.6 Å². The molecule has 1 aromatic heterocycles. The van der Waals surface area contributed by atoms with Crippen molar-refractivity contribution < 1.29 is 18.0 Å². The van der Waals surface area contributed by atoms with Gasteiger partial charge in [0.05, 0.1) is 12.5 Å². The lowest BCUT2D eigenvalue weighted by Gasteiger charge is -2.35. The lowest BCUT2D eigenvalue weighted by Crippen LogP contribution is -2.51. The Morgan fingerprint density at radius 1 is 1.38 bits per heavy atom. The number of fused-ring (bicyclic) bond motifs is 2. The van der Waals surface area contributed by atoms with Crippen LogP contribution in [0.25, 0.3) is 0 Å². The largest absolute Gasteiger partial charge is 0.339 e. The van der Waals surface area contributed by atoms with E-state index in [2.05, 4.69) is 39.1 Å². The fourth-order valence-electron chi connectivity index (χ4n) is 4.73. The van der Waals surface area contributed by atoms with Gasteiger partial charge < -0.3 is 10.2 Å². The van der Waals surface area contributed by atoms with Crippen molar-refractivity contribution in [2.24, 2.45) is 18.9 Å². The summed E-state index contributed by atoms with van der Waals surface area (Å²) in [5, 5.41) is 15.1. The van der Waals surface area contributed by atoms with Gasteiger partial charge in [-0.2, -0.15) is 18.8 Å². The van der Waals surface area contributed by atoms with E-state index in [0.717, 1.165) is 29.2 Å². The van der Waals surface area contributed by atoms with Crippen LogP contribution in [-0.4, -0.2) is 58.6 Å². The van der Waals surface area contributed by atoms with E-state index in [1.165, 1.54) is 24.6 Å². The molecule has 4 rings (SSSR count). The van der Waals surface area contributed by atoms with Gasteiger partial charge in [-0.25, -0.2) is 9.52 Å². The molecule has 0 saturated heterocycles. The minimum Gasteiger partial charge on any atom is -0.339 e. The number of aromatic nitrogens is 2. The van der Waals surface area contributed by atoms with Crippen molar-refractivity contribution in [3.63, 3.8) is 0 Å². The van der Waals surface area contributed by atoms with Crippen LogP contribution in [0, 0.1) is 23.2 Å². The third-order valence-corrected chi connectivity index (χ3v) is 9.00. The molecule has 0 bridgehead atoms.